The molecule has 0 aliphatic heterocycles. The van der Waals surface area contributed by atoms with Crippen LogP contribution >= 0.6 is 22.9 Å². The van der Waals surface area contributed by atoms with Gasteiger partial charge in [0.1, 0.15) is 0 Å². The number of rotatable bonds is 3. The van der Waals surface area contributed by atoms with Crippen LogP contribution in [0.2, 0.25) is 5.02 Å². The number of benzene rings is 1. The molecule has 3 rings (SSSR count). The van der Waals surface area contributed by atoms with Gasteiger partial charge in [-0.3, -0.25) is 10.2 Å². The van der Waals surface area contributed by atoms with Gasteiger partial charge in [0.05, 0.1) is 4.88 Å². The maximum atomic E-state index is 11.7. The summed E-state index contributed by atoms with van der Waals surface area (Å²) in [6, 6.07) is 9.74. The van der Waals surface area contributed by atoms with Gasteiger partial charge in [-0.2, -0.15) is 0 Å². The molecule has 0 spiro atoms. The fourth-order valence-electron chi connectivity index (χ4n) is 2.20. The molecule has 1 amide bonds. The fourth-order valence-corrected chi connectivity index (χ4v) is 3.19. The molecule has 0 saturated heterocycles. The zero-order valence-electron chi connectivity index (χ0n) is 10.5. The lowest BCUT2D eigenvalue weighted by atomic mass is 10.2. The molecule has 102 valence electrons. The number of thiophene rings is 1. The van der Waals surface area contributed by atoms with E-state index >= 15 is 0 Å². The molecule has 6 heteroatoms. The molecule has 4 nitrogen and oxygen atoms in total. The van der Waals surface area contributed by atoms with Crippen LogP contribution in [0, 0.1) is 0 Å². The lowest BCUT2D eigenvalue weighted by Gasteiger charge is -2.06. The Morgan fingerprint density at radius 3 is 3.00 bits per heavy atom. The standard InChI is InChI=1S/C14H12ClN3OS/c15-11-2-1-9-3-5-18(12(9)7-11)8-10-4-6-20-13(10)14(19)17-16/h1-7H,8,16H2,(H,17,19). The molecule has 0 aliphatic carbocycles. The van der Waals surface area contributed by atoms with Crippen LogP contribution in [0.5, 0.6) is 0 Å². The smallest absolute Gasteiger partial charge is 0.275 e. The largest absolute Gasteiger partial charge is 0.343 e. The van der Waals surface area contributed by atoms with Gasteiger partial charge in [0.15, 0.2) is 0 Å². The summed E-state index contributed by atoms with van der Waals surface area (Å²) in [6.07, 6.45) is 1.99. The first-order valence-electron chi connectivity index (χ1n) is 6.01. The van der Waals surface area contributed by atoms with Crippen molar-refractivity contribution in [3.63, 3.8) is 0 Å². The topological polar surface area (TPSA) is 60.0 Å². The van der Waals surface area contributed by atoms with E-state index in [0.717, 1.165) is 16.5 Å². The Hall–Kier alpha value is -1.82. The normalized spacial score (nSPS) is 10.9. The van der Waals surface area contributed by atoms with E-state index in [1.165, 1.54) is 11.3 Å². The summed E-state index contributed by atoms with van der Waals surface area (Å²) in [6.45, 7) is 0.607. The second kappa shape index (κ2) is 5.28. The van der Waals surface area contributed by atoms with E-state index in [1.807, 2.05) is 41.9 Å². The van der Waals surface area contributed by atoms with Crippen LogP contribution in [-0.2, 0) is 6.54 Å². The Morgan fingerprint density at radius 1 is 1.35 bits per heavy atom. The number of nitrogens with zero attached hydrogens (tertiary/aromatic N) is 1. The number of hydrogen-bond acceptors (Lipinski definition) is 3. The Balaban J connectivity index is 2.00. The first-order chi connectivity index (χ1) is 9.69. The zero-order chi connectivity index (χ0) is 14.1. The van der Waals surface area contributed by atoms with Crippen molar-refractivity contribution in [3.8, 4) is 0 Å². The molecule has 0 radical (unpaired) electrons. The highest BCUT2D eigenvalue weighted by molar-refractivity contribution is 7.12. The summed E-state index contributed by atoms with van der Waals surface area (Å²) in [4.78, 5) is 12.3. The van der Waals surface area contributed by atoms with E-state index < -0.39 is 0 Å². The predicted octanol–water partition coefficient (Wildman–Crippen LogP) is 3.01. The van der Waals surface area contributed by atoms with Crippen LogP contribution in [0.1, 0.15) is 15.2 Å². The van der Waals surface area contributed by atoms with Crippen molar-refractivity contribution in [2.24, 2.45) is 5.84 Å². The molecule has 2 aromatic heterocycles. The van der Waals surface area contributed by atoms with Gasteiger partial charge >= 0.3 is 0 Å². The Labute approximate surface area is 124 Å². The number of amides is 1. The highest BCUT2D eigenvalue weighted by Gasteiger charge is 2.13. The van der Waals surface area contributed by atoms with Gasteiger partial charge in [0, 0.05) is 23.3 Å². The molecular formula is C14H12ClN3OS. The third-order valence-electron chi connectivity index (χ3n) is 3.16. The van der Waals surface area contributed by atoms with E-state index in [-0.39, 0.29) is 5.91 Å². The molecule has 0 aliphatic rings. The lowest BCUT2D eigenvalue weighted by Crippen LogP contribution is -2.30. The van der Waals surface area contributed by atoms with E-state index in [1.54, 1.807) is 0 Å². The summed E-state index contributed by atoms with van der Waals surface area (Å²) >= 11 is 7.42. The minimum absolute atomic E-state index is 0.260. The minimum Gasteiger partial charge on any atom is -0.343 e. The highest BCUT2D eigenvalue weighted by atomic mass is 35.5. The summed E-state index contributed by atoms with van der Waals surface area (Å²) in [5.74, 6) is 4.94. The molecule has 1 aromatic carbocycles. The summed E-state index contributed by atoms with van der Waals surface area (Å²) in [5, 5.41) is 3.70. The van der Waals surface area contributed by atoms with Gasteiger partial charge in [-0.1, -0.05) is 17.7 Å². The van der Waals surface area contributed by atoms with Crippen molar-refractivity contribution in [2.75, 3.05) is 0 Å². The number of aromatic nitrogens is 1. The second-order valence-electron chi connectivity index (χ2n) is 4.40. The van der Waals surface area contributed by atoms with Crippen LogP contribution in [-0.4, -0.2) is 10.5 Å². The number of fused-ring (bicyclic) bond motifs is 1. The van der Waals surface area contributed by atoms with E-state index in [4.69, 9.17) is 17.4 Å². The third kappa shape index (κ3) is 2.31. The first-order valence-corrected chi connectivity index (χ1v) is 7.26. The van der Waals surface area contributed by atoms with E-state index in [0.29, 0.717) is 16.4 Å². The Kier molecular flexibility index (Phi) is 3.48. The molecular weight excluding hydrogens is 294 g/mol. The molecule has 0 atom stereocenters. The molecule has 20 heavy (non-hydrogen) atoms. The van der Waals surface area contributed by atoms with Crippen molar-refractivity contribution in [3.05, 3.63) is 57.4 Å². The van der Waals surface area contributed by atoms with Gasteiger partial charge in [-0.25, -0.2) is 5.84 Å². The lowest BCUT2D eigenvalue weighted by molar-refractivity contribution is 0.0957. The number of nitrogen functional groups attached to an aromatic ring is 1. The van der Waals surface area contributed by atoms with Gasteiger partial charge in [0.2, 0.25) is 0 Å². The third-order valence-corrected chi connectivity index (χ3v) is 4.35. The number of nitrogens with two attached hydrogens (primary N) is 1. The highest BCUT2D eigenvalue weighted by Crippen LogP contribution is 2.23. The zero-order valence-corrected chi connectivity index (χ0v) is 12.0. The monoisotopic (exact) mass is 305 g/mol. The van der Waals surface area contributed by atoms with Crippen LogP contribution in [0.15, 0.2) is 41.9 Å². The summed E-state index contributed by atoms with van der Waals surface area (Å²) in [7, 11) is 0. The molecule has 0 bridgehead atoms. The molecule has 0 saturated carbocycles. The molecule has 0 fully saturated rings. The summed E-state index contributed by atoms with van der Waals surface area (Å²) < 4.78 is 2.07. The van der Waals surface area contributed by atoms with Gasteiger partial charge in [0.25, 0.3) is 5.91 Å². The van der Waals surface area contributed by atoms with Crippen LogP contribution in [0.3, 0.4) is 0 Å². The number of hydrazine groups is 1. The maximum absolute atomic E-state index is 11.7. The van der Waals surface area contributed by atoms with Gasteiger partial charge in [-0.05, 0) is 40.6 Å². The molecule has 0 unspecified atom stereocenters. The average Bonchev–Trinajstić information content (AvgIpc) is 3.06. The molecule has 2 heterocycles. The second-order valence-corrected chi connectivity index (χ2v) is 5.75. The van der Waals surface area contributed by atoms with Gasteiger partial charge < -0.3 is 4.57 Å². The van der Waals surface area contributed by atoms with Crippen molar-refractivity contribution < 1.29 is 4.79 Å². The SMILES string of the molecule is NNC(=O)c1sccc1Cn1ccc2ccc(Cl)cc21. The predicted molar refractivity (Wildman–Crippen MR) is 82.0 cm³/mol. The number of carbonyl (C=O) groups is 1. The molecule has 3 N–H and O–H groups in total. The fraction of sp³-hybridized carbons (Fsp3) is 0.0714. The maximum Gasteiger partial charge on any atom is 0.275 e. The van der Waals surface area contributed by atoms with Crippen LogP contribution in [0.4, 0.5) is 0 Å². The van der Waals surface area contributed by atoms with Crippen molar-refractivity contribution in [1.82, 2.24) is 9.99 Å². The number of halogens is 1. The number of nitrogens with one attached hydrogen (secondary N) is 1. The average molecular weight is 306 g/mol. The molecule has 3 aromatic rings. The van der Waals surface area contributed by atoms with Gasteiger partial charge in [-0.15, -0.1) is 11.3 Å². The van der Waals surface area contributed by atoms with E-state index in [9.17, 15) is 4.79 Å². The first kappa shape index (κ1) is 13.2. The van der Waals surface area contributed by atoms with Crippen molar-refractivity contribution in [1.29, 1.82) is 0 Å². The number of carbonyl (C=O) groups excluding carboxylic acids is 1. The number of hydrogen-bond donors (Lipinski definition) is 2. The Morgan fingerprint density at radius 2 is 2.20 bits per heavy atom. The van der Waals surface area contributed by atoms with Crippen molar-refractivity contribution >= 4 is 39.7 Å². The van der Waals surface area contributed by atoms with Crippen molar-refractivity contribution in [2.45, 2.75) is 6.54 Å². The van der Waals surface area contributed by atoms with E-state index in [2.05, 4.69) is 9.99 Å². The van der Waals surface area contributed by atoms with Crippen LogP contribution < -0.4 is 11.3 Å². The minimum atomic E-state index is -0.260. The van der Waals surface area contributed by atoms with Crippen LogP contribution in [0.25, 0.3) is 10.9 Å². The Bertz CT molecular complexity index is 778. The summed E-state index contributed by atoms with van der Waals surface area (Å²) in [5.41, 5.74) is 4.16. The quantitative estimate of drug-likeness (QED) is 0.444.